The van der Waals surface area contributed by atoms with E-state index in [1.807, 2.05) is 31.2 Å². The molecule has 0 unspecified atom stereocenters. The van der Waals surface area contributed by atoms with Crippen molar-refractivity contribution >= 4 is 5.91 Å². The molecule has 4 rings (SSSR count). The van der Waals surface area contributed by atoms with Crippen LogP contribution in [0.15, 0.2) is 48.5 Å². The Labute approximate surface area is 187 Å². The molecule has 3 aromatic rings. The fourth-order valence-electron chi connectivity index (χ4n) is 3.57. The molecule has 168 valence electrons. The van der Waals surface area contributed by atoms with Gasteiger partial charge < -0.3 is 14.8 Å². The second kappa shape index (κ2) is 9.85. The van der Waals surface area contributed by atoms with Crippen LogP contribution in [0.25, 0.3) is 5.69 Å². The zero-order valence-corrected chi connectivity index (χ0v) is 18.4. The van der Waals surface area contributed by atoms with Crippen molar-refractivity contribution in [2.24, 2.45) is 5.92 Å². The minimum absolute atomic E-state index is 0.0212. The first kappa shape index (κ1) is 21.9. The molecule has 0 atom stereocenters. The Morgan fingerprint density at radius 1 is 1.19 bits per heavy atom. The van der Waals surface area contributed by atoms with E-state index in [0.29, 0.717) is 36.8 Å². The lowest BCUT2D eigenvalue weighted by molar-refractivity contribution is -0.121. The molecule has 2 aromatic carbocycles. The number of carbonyl (C=O) groups is 1. The molecule has 1 aromatic heterocycles. The van der Waals surface area contributed by atoms with Crippen LogP contribution in [0.1, 0.15) is 37.4 Å². The Morgan fingerprint density at radius 3 is 2.62 bits per heavy atom. The number of nitrogens with one attached hydrogen (secondary N) is 1. The average molecular weight is 438 g/mol. The number of methoxy groups -OCH3 is 1. The Morgan fingerprint density at radius 2 is 1.97 bits per heavy atom. The number of aryl methyl sites for hydroxylation is 1. The van der Waals surface area contributed by atoms with E-state index in [9.17, 15) is 9.18 Å². The zero-order valence-electron chi connectivity index (χ0n) is 18.4. The molecule has 32 heavy (non-hydrogen) atoms. The first-order valence-electron chi connectivity index (χ1n) is 11.0. The minimum atomic E-state index is -0.380. The lowest BCUT2D eigenvalue weighted by Crippen LogP contribution is -2.25. The summed E-state index contributed by atoms with van der Waals surface area (Å²) in [6.45, 7) is 2.76. The number of hydrogen-bond acceptors (Lipinski definition) is 4. The third-order valence-corrected chi connectivity index (χ3v) is 5.57. The summed E-state index contributed by atoms with van der Waals surface area (Å²) in [7, 11) is 1.61. The highest BCUT2D eigenvalue weighted by Crippen LogP contribution is 2.33. The van der Waals surface area contributed by atoms with E-state index in [-0.39, 0.29) is 11.7 Å². The second-order valence-corrected chi connectivity index (χ2v) is 8.00. The van der Waals surface area contributed by atoms with Gasteiger partial charge in [-0.05, 0) is 68.0 Å². The van der Waals surface area contributed by atoms with Crippen LogP contribution in [0, 0.1) is 11.7 Å². The molecular weight excluding hydrogens is 409 g/mol. The Bertz CT molecular complexity index is 1070. The molecular formula is C25H28FN3O3. The number of carbonyl (C=O) groups excluding carboxylic acids is 1. The predicted octanol–water partition coefficient (Wildman–Crippen LogP) is 4.83. The third-order valence-electron chi connectivity index (χ3n) is 5.57. The summed E-state index contributed by atoms with van der Waals surface area (Å²) in [4.78, 5) is 12.4. The van der Waals surface area contributed by atoms with E-state index in [2.05, 4.69) is 5.32 Å². The number of amides is 1. The largest absolute Gasteiger partial charge is 0.497 e. The van der Waals surface area contributed by atoms with E-state index in [1.54, 1.807) is 23.9 Å². The predicted molar refractivity (Wildman–Crippen MR) is 120 cm³/mol. The van der Waals surface area contributed by atoms with Gasteiger partial charge in [-0.3, -0.25) is 4.79 Å². The van der Waals surface area contributed by atoms with Crippen molar-refractivity contribution in [3.05, 3.63) is 65.6 Å². The molecule has 1 aliphatic rings. The number of benzene rings is 2. The van der Waals surface area contributed by atoms with Gasteiger partial charge in [-0.15, -0.1) is 0 Å². The van der Waals surface area contributed by atoms with Crippen LogP contribution >= 0.6 is 0 Å². The Kier molecular flexibility index (Phi) is 6.73. The molecule has 1 heterocycles. The number of hydrogen-bond donors (Lipinski definition) is 1. The van der Waals surface area contributed by atoms with Gasteiger partial charge in [-0.1, -0.05) is 13.0 Å². The molecule has 7 heteroatoms. The molecule has 0 spiro atoms. The van der Waals surface area contributed by atoms with E-state index in [4.69, 9.17) is 14.6 Å². The van der Waals surface area contributed by atoms with Gasteiger partial charge in [-0.2, -0.15) is 5.10 Å². The van der Waals surface area contributed by atoms with Crippen molar-refractivity contribution in [3.8, 4) is 23.1 Å². The maximum Gasteiger partial charge on any atom is 0.226 e. The van der Waals surface area contributed by atoms with E-state index >= 15 is 0 Å². The van der Waals surface area contributed by atoms with Crippen molar-refractivity contribution in [1.82, 2.24) is 15.1 Å². The summed E-state index contributed by atoms with van der Waals surface area (Å²) in [6.07, 6.45) is 3.90. The molecule has 0 bridgehead atoms. The molecule has 1 fully saturated rings. The van der Waals surface area contributed by atoms with Gasteiger partial charge in [0.25, 0.3) is 0 Å². The maximum absolute atomic E-state index is 13.8. The molecule has 0 radical (unpaired) electrons. The lowest BCUT2D eigenvalue weighted by Gasteiger charge is -2.12. The highest BCUT2D eigenvalue weighted by atomic mass is 19.1. The zero-order chi connectivity index (χ0) is 22.5. The highest BCUT2D eigenvalue weighted by molar-refractivity contribution is 5.76. The molecule has 1 saturated carbocycles. The van der Waals surface area contributed by atoms with Crippen LogP contribution in [0.3, 0.4) is 0 Å². The SMILES string of the molecule is CCc1nn(-c2ccc(OC)cc2)c(Oc2cccc(F)c2)c1CCC(=O)NCC1CC1. The number of rotatable bonds is 10. The maximum atomic E-state index is 13.8. The topological polar surface area (TPSA) is 65.4 Å². The number of ether oxygens (including phenoxy) is 2. The summed E-state index contributed by atoms with van der Waals surface area (Å²) < 4.78 is 26.9. The molecule has 1 amide bonds. The minimum Gasteiger partial charge on any atom is -0.497 e. The molecule has 1 aliphatic carbocycles. The Balaban J connectivity index is 1.65. The van der Waals surface area contributed by atoms with Crippen molar-refractivity contribution in [3.63, 3.8) is 0 Å². The monoisotopic (exact) mass is 437 g/mol. The molecule has 1 N–H and O–H groups in total. The van der Waals surface area contributed by atoms with Gasteiger partial charge in [0.2, 0.25) is 11.8 Å². The summed E-state index contributed by atoms with van der Waals surface area (Å²) >= 11 is 0. The quantitative estimate of drug-likeness (QED) is 0.493. The van der Waals surface area contributed by atoms with Crippen molar-refractivity contribution in [1.29, 1.82) is 0 Å². The van der Waals surface area contributed by atoms with Gasteiger partial charge in [0.1, 0.15) is 17.3 Å². The summed E-state index contributed by atoms with van der Waals surface area (Å²) in [5.41, 5.74) is 2.49. The standard InChI is InChI=1S/C25H28FN3O3/c1-3-23-22(13-14-24(30)27-16-17-7-8-17)25(32-21-6-4-5-18(26)15-21)29(28-23)19-9-11-20(31-2)12-10-19/h4-6,9-12,15,17H,3,7-8,13-14,16H2,1-2H3,(H,27,30). The van der Waals surface area contributed by atoms with E-state index in [1.165, 1.54) is 25.0 Å². The smallest absolute Gasteiger partial charge is 0.226 e. The van der Waals surface area contributed by atoms with Gasteiger partial charge in [-0.25, -0.2) is 9.07 Å². The number of nitrogens with zero attached hydrogens (tertiary/aromatic N) is 2. The Hall–Kier alpha value is -3.35. The van der Waals surface area contributed by atoms with Crippen LogP contribution in [-0.4, -0.2) is 29.3 Å². The first-order valence-corrected chi connectivity index (χ1v) is 11.0. The van der Waals surface area contributed by atoms with Crippen LogP contribution in [0.5, 0.6) is 17.4 Å². The van der Waals surface area contributed by atoms with Gasteiger partial charge >= 0.3 is 0 Å². The van der Waals surface area contributed by atoms with E-state index in [0.717, 1.165) is 29.2 Å². The van der Waals surface area contributed by atoms with Crippen molar-refractivity contribution in [2.75, 3.05) is 13.7 Å². The van der Waals surface area contributed by atoms with Crippen LogP contribution < -0.4 is 14.8 Å². The summed E-state index contributed by atoms with van der Waals surface area (Å²) in [6, 6.07) is 13.5. The second-order valence-electron chi connectivity index (χ2n) is 8.00. The van der Waals surface area contributed by atoms with E-state index < -0.39 is 0 Å². The third kappa shape index (κ3) is 5.28. The average Bonchev–Trinajstić information content (AvgIpc) is 3.58. The fourth-order valence-corrected chi connectivity index (χ4v) is 3.57. The van der Waals surface area contributed by atoms with Crippen LogP contribution in [0.2, 0.25) is 0 Å². The lowest BCUT2D eigenvalue weighted by atomic mass is 10.1. The highest BCUT2D eigenvalue weighted by Gasteiger charge is 2.23. The van der Waals surface area contributed by atoms with Gasteiger partial charge in [0, 0.05) is 24.6 Å². The molecule has 6 nitrogen and oxygen atoms in total. The molecule has 0 aliphatic heterocycles. The first-order chi connectivity index (χ1) is 15.6. The number of aromatic nitrogens is 2. The fraction of sp³-hybridized carbons (Fsp3) is 0.360. The van der Waals surface area contributed by atoms with Gasteiger partial charge in [0.05, 0.1) is 18.5 Å². The number of halogens is 1. The van der Waals surface area contributed by atoms with Gasteiger partial charge in [0.15, 0.2) is 0 Å². The normalized spacial score (nSPS) is 13.1. The van der Waals surface area contributed by atoms with Crippen LogP contribution in [0.4, 0.5) is 4.39 Å². The summed E-state index contributed by atoms with van der Waals surface area (Å²) in [5.74, 6) is 1.88. The molecule has 0 saturated heterocycles. The summed E-state index contributed by atoms with van der Waals surface area (Å²) in [5, 5.41) is 7.77. The van der Waals surface area contributed by atoms with Crippen molar-refractivity contribution in [2.45, 2.75) is 39.0 Å². The van der Waals surface area contributed by atoms with Crippen LogP contribution in [-0.2, 0) is 17.6 Å². The van der Waals surface area contributed by atoms with Crippen molar-refractivity contribution < 1.29 is 18.7 Å².